The van der Waals surface area contributed by atoms with Crippen molar-refractivity contribution in [2.75, 3.05) is 7.05 Å². The van der Waals surface area contributed by atoms with Gasteiger partial charge in [-0.25, -0.2) is 4.39 Å². The molecule has 1 amide bonds. The molecule has 2 aromatic carbocycles. The van der Waals surface area contributed by atoms with Crippen LogP contribution in [0.5, 0.6) is 0 Å². The summed E-state index contributed by atoms with van der Waals surface area (Å²) in [5.74, 6) is -1.26. The highest BCUT2D eigenvalue weighted by atomic mass is 19.4. The normalized spacial score (nSPS) is 11.7. The zero-order valence-corrected chi connectivity index (χ0v) is 16.6. The van der Waals surface area contributed by atoms with Crippen molar-refractivity contribution in [3.63, 3.8) is 0 Å². The van der Waals surface area contributed by atoms with Crippen LogP contribution in [-0.4, -0.2) is 27.7 Å². The minimum absolute atomic E-state index is 0.0841. The minimum atomic E-state index is -4.59. The van der Waals surface area contributed by atoms with Crippen molar-refractivity contribution in [3.05, 3.63) is 87.9 Å². The Morgan fingerprint density at radius 1 is 1.16 bits per heavy atom. The van der Waals surface area contributed by atoms with Crippen molar-refractivity contribution in [1.29, 1.82) is 0 Å². The monoisotopic (exact) mass is 444 g/mol. The number of nitrogens with one attached hydrogen (secondary N) is 2. The highest BCUT2D eigenvalue weighted by Crippen LogP contribution is 2.36. The van der Waals surface area contributed by atoms with E-state index in [1.165, 1.54) is 48.1 Å². The lowest BCUT2D eigenvalue weighted by atomic mass is 10.0. The Hall–Kier alpha value is -3.95. The zero-order chi connectivity index (χ0) is 23.0. The van der Waals surface area contributed by atoms with E-state index in [-0.39, 0.29) is 28.8 Å². The molecular weight excluding hydrogens is 428 g/mol. The van der Waals surface area contributed by atoms with E-state index in [0.29, 0.717) is 16.3 Å². The summed E-state index contributed by atoms with van der Waals surface area (Å²) < 4.78 is 54.7. The summed E-state index contributed by atoms with van der Waals surface area (Å²) in [5, 5.41) is 8.58. The molecule has 0 bridgehead atoms. The molecule has 0 saturated heterocycles. The smallest absolute Gasteiger partial charge is 0.355 e. The molecule has 6 nitrogen and oxygen atoms in total. The second kappa shape index (κ2) is 7.95. The van der Waals surface area contributed by atoms with Gasteiger partial charge in [-0.3, -0.25) is 14.7 Å². The Labute approximate surface area is 178 Å². The van der Waals surface area contributed by atoms with Gasteiger partial charge >= 0.3 is 6.18 Å². The van der Waals surface area contributed by atoms with Crippen LogP contribution in [0.3, 0.4) is 0 Å². The maximum atomic E-state index is 13.9. The first-order valence-corrected chi connectivity index (χ1v) is 9.43. The summed E-state index contributed by atoms with van der Waals surface area (Å²) in [6.07, 6.45) is -2.01. The van der Waals surface area contributed by atoms with Crippen LogP contribution in [0.25, 0.3) is 21.9 Å². The van der Waals surface area contributed by atoms with E-state index in [1.807, 2.05) is 5.10 Å². The fourth-order valence-corrected chi connectivity index (χ4v) is 3.48. The molecule has 0 atom stereocenters. The first-order chi connectivity index (χ1) is 15.2. The molecule has 10 heteroatoms. The van der Waals surface area contributed by atoms with E-state index in [1.54, 1.807) is 6.07 Å². The predicted octanol–water partition coefficient (Wildman–Crippen LogP) is 3.96. The van der Waals surface area contributed by atoms with Gasteiger partial charge in [0, 0.05) is 24.2 Å². The van der Waals surface area contributed by atoms with Crippen molar-refractivity contribution in [3.8, 4) is 11.1 Å². The number of fused-ring (bicyclic) bond motifs is 1. The molecule has 2 aromatic heterocycles. The average Bonchev–Trinajstić information content (AvgIpc) is 3.27. The number of amides is 1. The second-order valence-corrected chi connectivity index (χ2v) is 7.10. The molecule has 0 aliphatic heterocycles. The van der Waals surface area contributed by atoms with Gasteiger partial charge in [-0.2, -0.15) is 18.3 Å². The number of benzene rings is 2. The third kappa shape index (κ3) is 3.86. The van der Waals surface area contributed by atoms with Crippen LogP contribution in [0.4, 0.5) is 17.6 Å². The number of nitrogens with zero attached hydrogens (tertiary/aromatic N) is 2. The molecule has 164 valence electrons. The van der Waals surface area contributed by atoms with Gasteiger partial charge in [0.15, 0.2) is 0 Å². The van der Waals surface area contributed by atoms with Gasteiger partial charge < -0.3 is 9.88 Å². The van der Waals surface area contributed by atoms with Crippen molar-refractivity contribution < 1.29 is 22.4 Å². The van der Waals surface area contributed by atoms with Gasteiger partial charge in [0.1, 0.15) is 11.5 Å². The number of carbonyl (C=O) groups excluding carboxylic acids is 1. The Balaban J connectivity index is 1.71. The largest absolute Gasteiger partial charge is 0.433 e. The van der Waals surface area contributed by atoms with E-state index >= 15 is 0 Å². The summed E-state index contributed by atoms with van der Waals surface area (Å²) in [6.45, 7) is 0.0841. The number of halogens is 4. The Morgan fingerprint density at radius 3 is 2.66 bits per heavy atom. The maximum absolute atomic E-state index is 13.9. The number of rotatable bonds is 4. The minimum Gasteiger partial charge on any atom is -0.355 e. The highest BCUT2D eigenvalue weighted by Gasteiger charge is 2.35. The Morgan fingerprint density at radius 2 is 1.94 bits per heavy atom. The molecule has 0 spiro atoms. The summed E-state index contributed by atoms with van der Waals surface area (Å²) in [4.78, 5) is 24.7. The van der Waals surface area contributed by atoms with Crippen LogP contribution < -0.4 is 10.9 Å². The molecule has 0 fully saturated rings. The Kier molecular flexibility index (Phi) is 5.29. The van der Waals surface area contributed by atoms with Gasteiger partial charge in [-0.05, 0) is 46.8 Å². The second-order valence-electron chi connectivity index (χ2n) is 7.10. The lowest BCUT2D eigenvalue weighted by molar-refractivity contribution is -0.140. The van der Waals surface area contributed by atoms with Gasteiger partial charge in [0.2, 0.25) is 0 Å². The van der Waals surface area contributed by atoms with Crippen LogP contribution in [0.15, 0.2) is 59.7 Å². The molecule has 4 aromatic rings. The molecule has 0 aliphatic rings. The molecule has 0 radical (unpaired) electrons. The number of pyridine rings is 1. The summed E-state index contributed by atoms with van der Waals surface area (Å²) in [5.41, 5.74) is -0.780. The molecule has 0 saturated carbocycles. The predicted molar refractivity (Wildman–Crippen MR) is 110 cm³/mol. The van der Waals surface area contributed by atoms with E-state index in [4.69, 9.17) is 0 Å². The van der Waals surface area contributed by atoms with Crippen molar-refractivity contribution in [2.45, 2.75) is 12.7 Å². The first-order valence-electron chi connectivity index (χ1n) is 9.43. The molecule has 0 aliphatic carbocycles. The fraction of sp³-hybridized carbons (Fsp3) is 0.136. The molecule has 2 N–H and O–H groups in total. The Bertz CT molecular complexity index is 1390. The molecular formula is C22H16F4N4O2. The SMILES string of the molecule is CNC(=O)c1cc(Cn2ccc3cc(-c4cn[nH]c4C(F)(F)F)ccc3c2=O)ccc1F. The number of alkyl halides is 3. The third-order valence-corrected chi connectivity index (χ3v) is 5.07. The molecule has 32 heavy (non-hydrogen) atoms. The van der Waals surface area contributed by atoms with Crippen LogP contribution in [-0.2, 0) is 12.7 Å². The van der Waals surface area contributed by atoms with Gasteiger partial charge in [0.25, 0.3) is 11.5 Å². The number of hydrogen-bond acceptors (Lipinski definition) is 3. The summed E-state index contributed by atoms with van der Waals surface area (Å²) in [6, 6.07) is 9.97. The maximum Gasteiger partial charge on any atom is 0.433 e. The number of aromatic nitrogens is 3. The molecule has 0 unspecified atom stereocenters. The number of aromatic amines is 1. The number of carbonyl (C=O) groups is 1. The van der Waals surface area contributed by atoms with Crippen LogP contribution in [0.1, 0.15) is 21.6 Å². The molecule has 2 heterocycles. The van der Waals surface area contributed by atoms with Crippen molar-refractivity contribution in [1.82, 2.24) is 20.1 Å². The standard InChI is InChI=1S/C22H16F4N4O2/c1-27-20(31)16-8-12(2-5-18(16)23)11-30-7-6-14-9-13(3-4-15(14)21(30)32)17-10-28-29-19(17)22(24,25)26/h2-10H,11H2,1H3,(H,27,31)(H,28,29). The average molecular weight is 444 g/mol. The van der Waals surface area contributed by atoms with E-state index in [0.717, 1.165) is 12.3 Å². The summed E-state index contributed by atoms with van der Waals surface area (Å²) >= 11 is 0. The quantitative estimate of drug-likeness (QED) is 0.468. The van der Waals surface area contributed by atoms with Crippen molar-refractivity contribution in [2.24, 2.45) is 0 Å². The van der Waals surface area contributed by atoms with Crippen LogP contribution >= 0.6 is 0 Å². The van der Waals surface area contributed by atoms with E-state index in [9.17, 15) is 27.2 Å². The van der Waals surface area contributed by atoms with Gasteiger partial charge in [-0.15, -0.1) is 0 Å². The third-order valence-electron chi connectivity index (χ3n) is 5.07. The van der Waals surface area contributed by atoms with Gasteiger partial charge in [0.05, 0.1) is 18.3 Å². The number of hydrogen-bond donors (Lipinski definition) is 2. The fourth-order valence-electron chi connectivity index (χ4n) is 3.48. The summed E-state index contributed by atoms with van der Waals surface area (Å²) in [7, 11) is 1.39. The topological polar surface area (TPSA) is 79.8 Å². The van der Waals surface area contributed by atoms with Gasteiger partial charge in [-0.1, -0.05) is 12.1 Å². The highest BCUT2D eigenvalue weighted by molar-refractivity contribution is 5.94. The van der Waals surface area contributed by atoms with E-state index in [2.05, 4.69) is 10.4 Å². The van der Waals surface area contributed by atoms with Crippen LogP contribution in [0, 0.1) is 5.82 Å². The van der Waals surface area contributed by atoms with E-state index < -0.39 is 23.6 Å². The lowest BCUT2D eigenvalue weighted by Gasteiger charge is -2.11. The molecule has 4 rings (SSSR count). The van der Waals surface area contributed by atoms with Crippen LogP contribution in [0.2, 0.25) is 0 Å². The first kappa shape index (κ1) is 21.3. The zero-order valence-electron chi connectivity index (χ0n) is 16.6. The number of H-pyrrole nitrogens is 1. The lowest BCUT2D eigenvalue weighted by Crippen LogP contribution is -2.22. The van der Waals surface area contributed by atoms with Crippen molar-refractivity contribution >= 4 is 16.7 Å².